The summed E-state index contributed by atoms with van der Waals surface area (Å²) in [4.78, 5) is 10.5. The van der Waals surface area contributed by atoms with Gasteiger partial charge in [-0.25, -0.2) is 9.03 Å². The number of carboxylic acids is 1. The Morgan fingerprint density at radius 1 is 1.15 bits per heavy atom. The molecule has 0 atom stereocenters. The zero-order valence-electron chi connectivity index (χ0n) is 13.5. The maximum absolute atomic E-state index is 12.0. The molecule has 3 rings (SSSR count). The van der Waals surface area contributed by atoms with Crippen LogP contribution in [-0.4, -0.2) is 29.7 Å². The molecule has 0 spiro atoms. The number of allylic oxidation sites excluding steroid dienone is 1. The van der Waals surface area contributed by atoms with Crippen molar-refractivity contribution >= 4 is 38.7 Å². The number of aliphatic carboxylic acids is 1. The van der Waals surface area contributed by atoms with Crippen molar-refractivity contribution in [2.75, 3.05) is 4.31 Å². The van der Waals surface area contributed by atoms with E-state index >= 15 is 0 Å². The molecule has 0 aliphatic carbocycles. The number of phenolic OH excluding ortho intramolecular Hbond substituents is 1. The van der Waals surface area contributed by atoms with E-state index in [1.165, 1.54) is 12.1 Å². The van der Waals surface area contributed by atoms with Gasteiger partial charge in [0.15, 0.2) is 0 Å². The summed E-state index contributed by atoms with van der Waals surface area (Å²) in [6.45, 7) is 0. The minimum absolute atomic E-state index is 0.000979. The first kappa shape index (κ1) is 17.6. The number of hydrogen-bond acceptors (Lipinski definition) is 5. The number of benzene rings is 2. The van der Waals surface area contributed by atoms with E-state index in [1.54, 1.807) is 30.4 Å². The van der Waals surface area contributed by atoms with E-state index in [0.29, 0.717) is 17.2 Å². The van der Waals surface area contributed by atoms with Crippen molar-refractivity contribution in [3.63, 3.8) is 0 Å². The van der Waals surface area contributed by atoms with Crippen molar-refractivity contribution in [2.45, 2.75) is 12.8 Å². The Kier molecular flexibility index (Phi) is 4.47. The van der Waals surface area contributed by atoms with Crippen LogP contribution in [0.2, 0.25) is 0 Å². The van der Waals surface area contributed by atoms with Gasteiger partial charge >= 0.3 is 16.2 Å². The number of aliphatic hydroxyl groups is 1. The minimum Gasteiger partial charge on any atom is -0.506 e. The number of nitrogens with one attached hydrogen (secondary N) is 1. The van der Waals surface area contributed by atoms with Gasteiger partial charge < -0.3 is 15.3 Å². The van der Waals surface area contributed by atoms with Gasteiger partial charge in [-0.05, 0) is 41.0 Å². The lowest BCUT2D eigenvalue weighted by Gasteiger charge is -2.16. The molecule has 4 N–H and O–H groups in total. The van der Waals surface area contributed by atoms with E-state index in [-0.39, 0.29) is 17.9 Å². The molecule has 1 heterocycles. The predicted octanol–water partition coefficient (Wildman–Crippen LogP) is 2.43. The summed E-state index contributed by atoms with van der Waals surface area (Å²) in [6, 6.07) is 8.28. The van der Waals surface area contributed by atoms with Crippen molar-refractivity contribution in [3.05, 3.63) is 54.1 Å². The van der Waals surface area contributed by atoms with Crippen molar-refractivity contribution < 1.29 is 28.5 Å². The van der Waals surface area contributed by atoms with Crippen LogP contribution in [0.1, 0.15) is 18.4 Å². The van der Waals surface area contributed by atoms with Crippen LogP contribution in [-0.2, 0) is 15.0 Å². The van der Waals surface area contributed by atoms with E-state index in [9.17, 15) is 23.4 Å². The Bertz CT molecular complexity index is 1040. The summed E-state index contributed by atoms with van der Waals surface area (Å²) in [5.41, 5.74) is 0.807. The summed E-state index contributed by atoms with van der Waals surface area (Å²) in [7, 11) is -4.01. The molecular formula is C17H16N2O6S. The molecule has 136 valence electrons. The van der Waals surface area contributed by atoms with E-state index in [1.807, 2.05) is 4.72 Å². The molecule has 0 bridgehead atoms. The van der Waals surface area contributed by atoms with Crippen LogP contribution >= 0.6 is 0 Å². The number of hydrogen-bond donors (Lipinski definition) is 4. The van der Waals surface area contributed by atoms with Gasteiger partial charge in [-0.2, -0.15) is 8.42 Å². The highest BCUT2D eigenvalue weighted by atomic mass is 32.2. The van der Waals surface area contributed by atoms with Crippen molar-refractivity contribution in [1.29, 1.82) is 0 Å². The number of anilines is 1. The molecule has 0 aromatic heterocycles. The highest BCUT2D eigenvalue weighted by Crippen LogP contribution is 2.35. The summed E-state index contributed by atoms with van der Waals surface area (Å²) < 4.78 is 26.7. The Balaban J connectivity index is 1.97. The van der Waals surface area contributed by atoms with Crippen LogP contribution < -0.4 is 9.03 Å². The zero-order chi connectivity index (χ0) is 18.9. The summed E-state index contributed by atoms with van der Waals surface area (Å²) in [6.07, 6.45) is 4.92. The van der Waals surface area contributed by atoms with Crippen LogP contribution in [0.5, 0.6) is 5.75 Å². The standard InChI is InChI=1S/C17H16N2O6S/c20-15-9-12-6-5-11(3-1-2-4-17(22)23)7-13(12)8-14(15)19-10-16(21)18-26(19,24)25/h1,3,5-10,18,20-21H,2,4H2,(H,22,23). The summed E-state index contributed by atoms with van der Waals surface area (Å²) >= 11 is 0. The smallest absolute Gasteiger partial charge is 0.330 e. The third kappa shape index (κ3) is 3.57. The second-order valence-corrected chi connectivity index (χ2v) is 7.25. The Labute approximate surface area is 149 Å². The molecule has 26 heavy (non-hydrogen) atoms. The summed E-state index contributed by atoms with van der Waals surface area (Å²) in [5, 5.41) is 29.6. The van der Waals surface area contributed by atoms with Crippen LogP contribution in [0, 0.1) is 0 Å². The normalized spacial score (nSPS) is 16.0. The fourth-order valence-electron chi connectivity index (χ4n) is 2.59. The third-order valence-corrected chi connectivity index (χ3v) is 5.05. The molecule has 2 aromatic carbocycles. The van der Waals surface area contributed by atoms with Crippen LogP contribution in [0.3, 0.4) is 0 Å². The fourth-order valence-corrected chi connectivity index (χ4v) is 3.64. The van der Waals surface area contributed by atoms with Crippen molar-refractivity contribution in [2.24, 2.45) is 0 Å². The third-order valence-electron chi connectivity index (χ3n) is 3.76. The molecule has 1 aliphatic heterocycles. The van der Waals surface area contributed by atoms with Gasteiger partial charge in [-0.15, -0.1) is 0 Å². The maximum atomic E-state index is 12.0. The van der Waals surface area contributed by atoms with Gasteiger partial charge in [0.25, 0.3) is 0 Å². The SMILES string of the molecule is O=C(O)CCC=Cc1ccc2cc(O)c(N3C=C(O)NS3(=O)=O)cc2c1. The van der Waals surface area contributed by atoms with Gasteiger partial charge in [-0.3, -0.25) is 4.79 Å². The van der Waals surface area contributed by atoms with Gasteiger partial charge in [0, 0.05) is 6.42 Å². The first-order valence-corrected chi connectivity index (χ1v) is 9.08. The zero-order valence-corrected chi connectivity index (χ0v) is 14.3. The Morgan fingerprint density at radius 3 is 2.58 bits per heavy atom. The molecule has 0 fully saturated rings. The topological polar surface area (TPSA) is 127 Å². The quantitative estimate of drug-likeness (QED) is 0.635. The molecule has 0 amide bonds. The second kappa shape index (κ2) is 6.60. The van der Waals surface area contributed by atoms with Crippen molar-refractivity contribution in [1.82, 2.24) is 4.72 Å². The molecule has 2 aromatic rings. The van der Waals surface area contributed by atoms with Crippen LogP contribution in [0.4, 0.5) is 5.69 Å². The highest BCUT2D eigenvalue weighted by molar-refractivity contribution is 7.91. The van der Waals surface area contributed by atoms with E-state index in [2.05, 4.69) is 0 Å². The Morgan fingerprint density at radius 2 is 1.92 bits per heavy atom. The average molecular weight is 376 g/mol. The molecular weight excluding hydrogens is 360 g/mol. The van der Waals surface area contributed by atoms with Crippen molar-refractivity contribution in [3.8, 4) is 5.75 Å². The minimum atomic E-state index is -4.01. The number of phenols is 1. The van der Waals surface area contributed by atoms with E-state index < -0.39 is 22.1 Å². The van der Waals surface area contributed by atoms with Gasteiger partial charge in [0.2, 0.25) is 5.88 Å². The lowest BCUT2D eigenvalue weighted by atomic mass is 10.0. The number of fused-ring (bicyclic) bond motifs is 1. The largest absolute Gasteiger partial charge is 0.506 e. The average Bonchev–Trinajstić information content (AvgIpc) is 2.83. The van der Waals surface area contributed by atoms with E-state index in [0.717, 1.165) is 16.1 Å². The fraction of sp³-hybridized carbons (Fsp3) is 0.118. The number of carbonyl (C=O) groups is 1. The number of nitrogens with zero attached hydrogens (tertiary/aromatic N) is 1. The molecule has 1 aliphatic rings. The molecule has 0 saturated carbocycles. The molecule has 0 unspecified atom stereocenters. The van der Waals surface area contributed by atoms with E-state index in [4.69, 9.17) is 5.11 Å². The van der Waals surface area contributed by atoms with Gasteiger partial charge in [-0.1, -0.05) is 24.3 Å². The number of rotatable bonds is 5. The van der Waals surface area contributed by atoms with Gasteiger partial charge in [0.05, 0.1) is 6.20 Å². The second-order valence-electron chi connectivity index (χ2n) is 5.70. The molecule has 8 nitrogen and oxygen atoms in total. The van der Waals surface area contributed by atoms with Gasteiger partial charge in [0.1, 0.15) is 11.4 Å². The number of aliphatic hydroxyl groups excluding tert-OH is 1. The lowest BCUT2D eigenvalue weighted by Crippen LogP contribution is -2.29. The number of carboxylic acid groups (broad SMARTS) is 1. The monoisotopic (exact) mass is 376 g/mol. The molecule has 0 saturated heterocycles. The van der Waals surface area contributed by atoms with Crippen LogP contribution in [0.25, 0.3) is 16.8 Å². The maximum Gasteiger partial charge on any atom is 0.330 e. The highest BCUT2D eigenvalue weighted by Gasteiger charge is 2.30. The van der Waals surface area contributed by atoms with Crippen LogP contribution in [0.15, 0.2) is 48.5 Å². The molecule has 9 heteroatoms. The lowest BCUT2D eigenvalue weighted by molar-refractivity contribution is -0.136. The Hall–Kier alpha value is -3.20. The predicted molar refractivity (Wildman–Crippen MR) is 96.8 cm³/mol. The first-order chi connectivity index (χ1) is 12.3. The summed E-state index contributed by atoms with van der Waals surface area (Å²) in [5.74, 6) is -1.66. The molecule has 0 radical (unpaired) electrons. The number of aromatic hydroxyl groups is 1. The first-order valence-electron chi connectivity index (χ1n) is 7.64.